The van der Waals surface area contributed by atoms with E-state index in [9.17, 15) is 9.36 Å². The first-order valence-corrected chi connectivity index (χ1v) is 8.06. The highest BCUT2D eigenvalue weighted by atomic mass is 31.2. The Morgan fingerprint density at radius 1 is 1.19 bits per heavy atom. The van der Waals surface area contributed by atoms with Crippen LogP contribution in [0.2, 0.25) is 0 Å². The van der Waals surface area contributed by atoms with Crippen molar-refractivity contribution in [2.75, 3.05) is 14.2 Å². The minimum absolute atomic E-state index is 0.165. The third-order valence-electron chi connectivity index (χ3n) is 2.87. The van der Waals surface area contributed by atoms with Gasteiger partial charge in [0.1, 0.15) is 5.78 Å². The van der Waals surface area contributed by atoms with Gasteiger partial charge in [-0.15, -0.1) is 0 Å². The molecular formula is C14H22NO5P. The van der Waals surface area contributed by atoms with Gasteiger partial charge in [0.25, 0.3) is 0 Å². The van der Waals surface area contributed by atoms with E-state index in [2.05, 4.69) is 5.32 Å². The summed E-state index contributed by atoms with van der Waals surface area (Å²) < 4.78 is 22.9. The summed E-state index contributed by atoms with van der Waals surface area (Å²) in [5.74, 6) is -1.70. The van der Waals surface area contributed by atoms with Crippen LogP contribution < -0.4 is 5.32 Å². The Morgan fingerprint density at radius 3 is 2.00 bits per heavy atom. The number of hydrogen-bond donors (Lipinski definition) is 2. The van der Waals surface area contributed by atoms with Crippen molar-refractivity contribution in [3.63, 3.8) is 0 Å². The molecule has 118 valence electrons. The number of carbonyl (C=O) groups is 1. The van der Waals surface area contributed by atoms with Gasteiger partial charge in [-0.25, -0.2) is 4.79 Å². The van der Waals surface area contributed by atoms with Crippen LogP contribution >= 0.6 is 7.60 Å². The van der Waals surface area contributed by atoms with Crippen molar-refractivity contribution >= 4 is 13.6 Å². The Kier molecular flexibility index (Phi) is 5.70. The fourth-order valence-electron chi connectivity index (χ4n) is 1.85. The zero-order valence-electron chi connectivity index (χ0n) is 12.9. The first-order chi connectivity index (χ1) is 9.63. The van der Waals surface area contributed by atoms with E-state index in [1.54, 1.807) is 12.1 Å². The fraction of sp³-hybridized carbons (Fsp3) is 0.500. The van der Waals surface area contributed by atoms with Crippen LogP contribution in [0.5, 0.6) is 0 Å². The first kappa shape index (κ1) is 17.9. The lowest BCUT2D eigenvalue weighted by Crippen LogP contribution is -2.39. The molecule has 0 saturated heterocycles. The molecule has 0 amide bonds. The maximum Gasteiger partial charge on any atom is 0.351 e. The molecule has 0 bridgehead atoms. The van der Waals surface area contributed by atoms with Gasteiger partial charge in [-0.05, 0) is 38.5 Å². The van der Waals surface area contributed by atoms with Crippen LogP contribution in [-0.2, 0) is 13.6 Å². The van der Waals surface area contributed by atoms with Gasteiger partial charge in [0, 0.05) is 19.8 Å². The van der Waals surface area contributed by atoms with E-state index in [-0.39, 0.29) is 11.1 Å². The predicted octanol–water partition coefficient (Wildman–Crippen LogP) is 3.26. The van der Waals surface area contributed by atoms with Crippen LogP contribution in [0.15, 0.2) is 24.3 Å². The lowest BCUT2D eigenvalue weighted by atomic mass is 10.1. The predicted molar refractivity (Wildman–Crippen MR) is 80.7 cm³/mol. The Hall–Kier alpha value is -1.20. The molecule has 0 fully saturated rings. The molecule has 1 rings (SSSR count). The zero-order valence-corrected chi connectivity index (χ0v) is 13.8. The largest absolute Gasteiger partial charge is 0.478 e. The van der Waals surface area contributed by atoms with Crippen LogP contribution in [0.25, 0.3) is 0 Å². The third kappa shape index (κ3) is 4.64. The molecule has 0 radical (unpaired) electrons. The molecule has 7 heteroatoms. The van der Waals surface area contributed by atoms with Crippen LogP contribution in [0, 0.1) is 0 Å². The number of hydrogen-bond acceptors (Lipinski definition) is 5. The molecule has 0 saturated carbocycles. The summed E-state index contributed by atoms with van der Waals surface area (Å²) in [6.07, 6.45) is 0. The average molecular weight is 315 g/mol. The van der Waals surface area contributed by atoms with E-state index in [0.717, 1.165) is 0 Å². The standard InChI is InChI=1S/C14H22NO5P/c1-14(2,3)15-12(21(18,19-4)20-5)10-6-8-11(9-7-10)13(16)17/h6-9,12,15H,1-5H3,(H,16,17). The quantitative estimate of drug-likeness (QED) is 0.784. The molecule has 0 aliphatic carbocycles. The lowest BCUT2D eigenvalue weighted by molar-refractivity contribution is 0.0697. The molecule has 0 spiro atoms. The third-order valence-corrected chi connectivity index (χ3v) is 4.95. The summed E-state index contributed by atoms with van der Waals surface area (Å²) in [5, 5.41) is 12.1. The Morgan fingerprint density at radius 2 is 1.67 bits per heavy atom. The molecule has 2 N–H and O–H groups in total. The summed E-state index contributed by atoms with van der Waals surface area (Å²) in [4.78, 5) is 10.9. The van der Waals surface area contributed by atoms with Gasteiger partial charge < -0.3 is 14.2 Å². The van der Waals surface area contributed by atoms with Crippen molar-refractivity contribution in [2.24, 2.45) is 0 Å². The van der Waals surface area contributed by atoms with Gasteiger partial charge >= 0.3 is 13.6 Å². The first-order valence-electron chi connectivity index (χ1n) is 6.45. The Labute approximate surface area is 125 Å². The molecule has 0 aromatic heterocycles. The molecule has 0 aliphatic rings. The number of carboxylic acid groups (broad SMARTS) is 1. The number of benzene rings is 1. The second kappa shape index (κ2) is 6.71. The second-order valence-electron chi connectivity index (χ2n) is 5.63. The van der Waals surface area contributed by atoms with Crippen molar-refractivity contribution < 1.29 is 23.5 Å². The molecule has 1 unspecified atom stereocenters. The fourth-order valence-corrected chi connectivity index (χ4v) is 3.50. The van der Waals surface area contributed by atoms with Crippen molar-refractivity contribution in [3.8, 4) is 0 Å². The van der Waals surface area contributed by atoms with E-state index in [1.165, 1.54) is 26.4 Å². The van der Waals surface area contributed by atoms with Gasteiger partial charge in [0.15, 0.2) is 0 Å². The van der Waals surface area contributed by atoms with Crippen LogP contribution in [-0.4, -0.2) is 30.8 Å². The van der Waals surface area contributed by atoms with E-state index in [0.29, 0.717) is 5.56 Å². The van der Waals surface area contributed by atoms with E-state index >= 15 is 0 Å². The topological polar surface area (TPSA) is 84.9 Å². The number of rotatable bonds is 6. The minimum Gasteiger partial charge on any atom is -0.478 e. The minimum atomic E-state index is -3.41. The van der Waals surface area contributed by atoms with Crippen molar-refractivity contribution in [1.29, 1.82) is 0 Å². The Balaban J connectivity index is 3.23. The molecule has 1 aromatic carbocycles. The highest BCUT2D eigenvalue weighted by Crippen LogP contribution is 2.58. The smallest absolute Gasteiger partial charge is 0.351 e. The molecule has 0 aliphatic heterocycles. The maximum absolute atomic E-state index is 12.7. The molecule has 21 heavy (non-hydrogen) atoms. The van der Waals surface area contributed by atoms with Gasteiger partial charge in [0.2, 0.25) is 0 Å². The van der Waals surface area contributed by atoms with Gasteiger partial charge in [-0.1, -0.05) is 12.1 Å². The van der Waals surface area contributed by atoms with Gasteiger partial charge in [-0.3, -0.25) is 9.88 Å². The molecule has 6 nitrogen and oxygen atoms in total. The highest BCUT2D eigenvalue weighted by Gasteiger charge is 2.37. The van der Waals surface area contributed by atoms with Crippen molar-refractivity contribution in [1.82, 2.24) is 5.32 Å². The monoisotopic (exact) mass is 315 g/mol. The van der Waals surface area contributed by atoms with Gasteiger partial charge in [0.05, 0.1) is 5.56 Å². The molecule has 1 atom stereocenters. The number of carboxylic acids is 1. The summed E-state index contributed by atoms with van der Waals surface area (Å²) in [6.45, 7) is 5.80. The SMILES string of the molecule is COP(=O)(OC)C(NC(C)(C)C)c1ccc(C(=O)O)cc1. The average Bonchev–Trinajstić information content (AvgIpc) is 2.43. The molecule has 0 heterocycles. The molecular weight excluding hydrogens is 293 g/mol. The number of aromatic carboxylic acids is 1. The van der Waals surface area contributed by atoms with Crippen molar-refractivity contribution in [3.05, 3.63) is 35.4 Å². The summed E-state index contributed by atoms with van der Waals surface area (Å²) in [6, 6.07) is 6.14. The van der Waals surface area contributed by atoms with Crippen LogP contribution in [0.4, 0.5) is 0 Å². The van der Waals surface area contributed by atoms with Gasteiger partial charge in [-0.2, -0.15) is 0 Å². The Bertz CT molecular complexity index is 527. The number of nitrogens with one attached hydrogen (secondary N) is 1. The summed E-state index contributed by atoms with van der Waals surface area (Å²) in [5.41, 5.74) is 0.475. The summed E-state index contributed by atoms with van der Waals surface area (Å²) in [7, 11) is -0.754. The maximum atomic E-state index is 12.7. The normalized spacial score (nSPS) is 14.0. The lowest BCUT2D eigenvalue weighted by Gasteiger charge is -2.32. The van der Waals surface area contributed by atoms with E-state index < -0.39 is 19.3 Å². The zero-order chi connectivity index (χ0) is 16.3. The van der Waals surface area contributed by atoms with Crippen LogP contribution in [0.1, 0.15) is 42.5 Å². The second-order valence-corrected chi connectivity index (χ2v) is 7.96. The highest BCUT2D eigenvalue weighted by molar-refractivity contribution is 7.54. The molecule has 1 aromatic rings. The van der Waals surface area contributed by atoms with Crippen molar-refractivity contribution in [2.45, 2.75) is 32.1 Å². The summed E-state index contributed by atoms with van der Waals surface area (Å²) >= 11 is 0. The van der Waals surface area contributed by atoms with Crippen LogP contribution in [0.3, 0.4) is 0 Å². The van der Waals surface area contributed by atoms with E-state index in [4.69, 9.17) is 14.2 Å². The van der Waals surface area contributed by atoms with E-state index in [1.807, 2.05) is 20.8 Å².